The summed E-state index contributed by atoms with van der Waals surface area (Å²) in [5, 5.41) is -0.416. The number of rotatable bonds is 5. The van der Waals surface area contributed by atoms with Gasteiger partial charge in [-0.2, -0.15) is 4.98 Å². The number of hydrogen-bond donors (Lipinski definition) is 1. The van der Waals surface area contributed by atoms with Crippen LogP contribution in [0.1, 0.15) is 12.3 Å². The van der Waals surface area contributed by atoms with Crippen molar-refractivity contribution < 1.29 is 38.9 Å². The molecule has 0 aliphatic carbocycles. The Hall–Kier alpha value is -3.95. The molecule has 2 aliphatic rings. The topological polar surface area (TPSA) is 112 Å². The van der Waals surface area contributed by atoms with Crippen molar-refractivity contribution in [2.45, 2.75) is 6.08 Å². The Morgan fingerprint density at radius 2 is 1.94 bits per heavy atom. The van der Waals surface area contributed by atoms with Crippen LogP contribution in [0.5, 0.6) is 23.0 Å². The van der Waals surface area contributed by atoms with E-state index in [9.17, 15) is 4.79 Å². The van der Waals surface area contributed by atoms with Crippen LogP contribution < -0.4 is 29.6 Å². The van der Waals surface area contributed by atoms with Crippen molar-refractivity contribution in [3.8, 4) is 23.0 Å². The molecule has 3 heterocycles. The van der Waals surface area contributed by atoms with E-state index in [4.69, 9.17) is 34.1 Å². The van der Waals surface area contributed by atoms with E-state index >= 15 is 0 Å². The molecule has 1 saturated heterocycles. The molecular formula is C23H25N5O5. The molecule has 3 aromatic rings. The van der Waals surface area contributed by atoms with Crippen LogP contribution in [-0.2, 0) is 4.79 Å². The highest BCUT2D eigenvalue weighted by molar-refractivity contribution is 5.91. The highest BCUT2D eigenvalue weighted by Crippen LogP contribution is 2.34. The lowest BCUT2D eigenvalue weighted by Gasteiger charge is -2.37. The summed E-state index contributed by atoms with van der Waals surface area (Å²) in [6, 6.07) is 5.12. The zero-order valence-corrected chi connectivity index (χ0v) is 17.1. The Labute approximate surface area is 206 Å². The summed E-state index contributed by atoms with van der Waals surface area (Å²) in [6.07, 6.45) is -2.02. The molecule has 0 radical (unpaired) electrons. The van der Waals surface area contributed by atoms with Crippen LogP contribution in [0.3, 0.4) is 0 Å². The Balaban J connectivity index is 1.46. The standard InChI is InChI=1S/C23H25N5O5/c1-30-18-11-14-15(12-19(18)31-2)25-23(26-21(14)24)28-9-7-27(8-10-28)22(29)20-13-32-16-5-3-4-6-17(16)33-20/h3-6,11-12,20H,7-10,13H2,1-2H3,(H2,24,25,26)/i1D3,2D3,11D,12D,20D/hD2. The molecule has 10 nitrogen and oxygen atoms in total. The molecule has 1 amide bonds. The normalized spacial score (nSPS) is 25.4. The summed E-state index contributed by atoms with van der Waals surface area (Å²) < 4.78 is 107. The first-order valence-electron chi connectivity index (χ1n) is 15.3. The first kappa shape index (κ1) is 11.8. The van der Waals surface area contributed by atoms with E-state index in [2.05, 4.69) is 9.97 Å². The minimum atomic E-state index is -3.17. The molecule has 5 rings (SSSR count). The number of nitrogens with two attached hydrogens (primary N) is 1. The Bertz CT molecular complexity index is 1600. The number of anilines is 2. The fourth-order valence-electron chi connectivity index (χ4n) is 3.61. The number of carbonyl (C=O) groups excluding carboxylic acids is 1. The van der Waals surface area contributed by atoms with Gasteiger partial charge in [-0.3, -0.25) is 4.79 Å². The second-order valence-corrected chi connectivity index (χ2v) is 7.22. The average Bonchev–Trinajstić information content (AvgIpc) is 2.95. The van der Waals surface area contributed by atoms with Crippen molar-refractivity contribution in [1.29, 1.82) is 0 Å². The van der Waals surface area contributed by atoms with Gasteiger partial charge in [0.15, 0.2) is 25.8 Å². The van der Waals surface area contributed by atoms with Crippen molar-refractivity contribution in [2.24, 2.45) is 0 Å². The molecular weight excluding hydrogens is 426 g/mol. The number of methoxy groups -OCH3 is 2. The highest BCUT2D eigenvalue weighted by atomic mass is 16.6. The van der Waals surface area contributed by atoms with Crippen molar-refractivity contribution >= 4 is 28.6 Å². The van der Waals surface area contributed by atoms with Gasteiger partial charge in [-0.25, -0.2) is 4.98 Å². The van der Waals surface area contributed by atoms with E-state index in [1.807, 2.05) is 0 Å². The van der Waals surface area contributed by atoms with Crippen molar-refractivity contribution in [3.05, 3.63) is 36.4 Å². The van der Waals surface area contributed by atoms with Gasteiger partial charge in [0.2, 0.25) is 12.0 Å². The summed E-state index contributed by atoms with van der Waals surface area (Å²) in [7, 11) is -6.33. The van der Waals surface area contributed by atoms with Gasteiger partial charge in [0.25, 0.3) is 5.91 Å². The van der Waals surface area contributed by atoms with Crippen LogP contribution in [0, 0.1) is 0 Å². The zero-order valence-electron chi connectivity index (χ0n) is 28.1. The number of nitrogen functional groups attached to an aromatic ring is 1. The molecule has 10 heteroatoms. The van der Waals surface area contributed by atoms with E-state index < -0.39 is 66.4 Å². The van der Waals surface area contributed by atoms with Gasteiger partial charge >= 0.3 is 0 Å². The lowest BCUT2D eigenvalue weighted by molar-refractivity contribution is -0.141. The predicted octanol–water partition coefficient (Wildman–Crippen LogP) is 1.72. The molecule has 1 fully saturated rings. The van der Waals surface area contributed by atoms with Crippen LogP contribution in [-0.4, -0.2) is 73.7 Å². The number of fused-ring (bicyclic) bond motifs is 2. The lowest BCUT2D eigenvalue weighted by atomic mass is 10.2. The van der Waals surface area contributed by atoms with Crippen molar-refractivity contribution in [2.75, 3.05) is 57.5 Å². The van der Waals surface area contributed by atoms with Gasteiger partial charge in [-0.1, -0.05) is 12.1 Å². The fourth-order valence-corrected chi connectivity index (χ4v) is 3.61. The SMILES string of the molecule is [2H]c1c(OC([2H])([2H])[2H])c(OC([2H])([2H])[2H])c([2H])c2c(N([2H])[2H])nc(N3CCN(C(=O)C4([2H])COc5ccccc5O4)CC3)nc12. The molecule has 0 saturated carbocycles. The van der Waals surface area contributed by atoms with E-state index in [1.54, 1.807) is 29.2 Å². The zero-order chi connectivity index (χ0) is 32.2. The van der Waals surface area contributed by atoms with Gasteiger partial charge in [0.1, 0.15) is 12.4 Å². The van der Waals surface area contributed by atoms with E-state index in [0.29, 0.717) is 5.75 Å². The van der Waals surface area contributed by atoms with Gasteiger partial charge in [0, 0.05) is 37.6 Å². The molecule has 1 atom stereocenters. The molecule has 0 spiro atoms. The monoisotopic (exact) mass is 462 g/mol. The smallest absolute Gasteiger partial charge is 0.267 e. The third-order valence-electron chi connectivity index (χ3n) is 5.29. The number of benzene rings is 2. The van der Waals surface area contributed by atoms with Crippen LogP contribution >= 0.6 is 0 Å². The minimum absolute atomic E-state index is 0.0380. The second-order valence-electron chi connectivity index (χ2n) is 7.22. The molecule has 2 aliphatic heterocycles. The van der Waals surface area contributed by atoms with Crippen LogP contribution in [0.15, 0.2) is 36.4 Å². The largest absolute Gasteiger partial charge is 0.493 e. The van der Waals surface area contributed by atoms with Crippen LogP contribution in [0.2, 0.25) is 2.82 Å². The number of hydrogen-bond acceptors (Lipinski definition) is 9. The Kier molecular flexibility index (Phi) is 3.05. The quantitative estimate of drug-likeness (QED) is 0.605. The first-order chi connectivity index (χ1) is 20.5. The number of nitrogens with zero attached hydrogens (tertiary/aromatic N) is 4. The first-order valence-corrected chi connectivity index (χ1v) is 9.93. The summed E-state index contributed by atoms with van der Waals surface area (Å²) >= 11 is 0. The lowest BCUT2D eigenvalue weighted by Crippen LogP contribution is -2.54. The number of ether oxygens (including phenoxy) is 4. The summed E-state index contributed by atoms with van der Waals surface area (Å²) in [6.45, 7) is 0.0743. The molecule has 0 bridgehead atoms. The highest BCUT2D eigenvalue weighted by Gasteiger charge is 2.33. The number of aromatic nitrogens is 2. The van der Waals surface area contributed by atoms with Crippen LogP contribution in [0.25, 0.3) is 10.9 Å². The number of carbonyl (C=O) groups is 1. The molecule has 1 unspecified atom stereocenters. The number of amides is 1. The molecule has 172 valence electrons. The molecule has 33 heavy (non-hydrogen) atoms. The molecule has 2 N–H and O–H groups in total. The molecule has 1 aromatic heterocycles. The van der Waals surface area contributed by atoms with Gasteiger partial charge in [0.05, 0.1) is 31.9 Å². The maximum Gasteiger partial charge on any atom is 0.267 e. The van der Waals surface area contributed by atoms with Crippen molar-refractivity contribution in [3.63, 3.8) is 0 Å². The average molecular weight is 463 g/mol. The van der Waals surface area contributed by atoms with Crippen molar-refractivity contribution in [1.82, 2.24) is 14.9 Å². The van der Waals surface area contributed by atoms with E-state index in [1.165, 1.54) is 4.90 Å². The van der Waals surface area contributed by atoms with Gasteiger partial charge in [-0.05, 0) is 18.2 Å². The van der Waals surface area contributed by atoms with Gasteiger partial charge < -0.3 is 34.5 Å². The maximum atomic E-state index is 13.3. The maximum absolute atomic E-state index is 13.3. The Morgan fingerprint density at radius 3 is 2.70 bits per heavy atom. The Morgan fingerprint density at radius 1 is 1.18 bits per heavy atom. The summed E-state index contributed by atoms with van der Waals surface area (Å²) in [5.41, 5.74) is -0.359. The van der Waals surface area contributed by atoms with Gasteiger partial charge in [-0.15, -0.1) is 0 Å². The fraction of sp³-hybridized carbons (Fsp3) is 0.348. The third-order valence-corrected chi connectivity index (χ3v) is 5.29. The second kappa shape index (κ2) is 8.53. The third kappa shape index (κ3) is 3.88. The summed E-state index contributed by atoms with van der Waals surface area (Å²) in [5.74, 6) is -2.38. The van der Waals surface area contributed by atoms with Crippen LogP contribution in [0.4, 0.5) is 11.8 Å². The number of piperazine rings is 1. The predicted molar refractivity (Wildman–Crippen MR) is 122 cm³/mol. The number of para-hydroxylation sites is 2. The minimum Gasteiger partial charge on any atom is -0.493 e. The molecule has 2 aromatic carbocycles. The van der Waals surface area contributed by atoms with E-state index in [0.717, 1.165) is 0 Å². The van der Waals surface area contributed by atoms with E-state index in [-0.39, 0.29) is 50.2 Å². The summed E-state index contributed by atoms with van der Waals surface area (Å²) in [4.78, 5) is 24.7.